The van der Waals surface area contributed by atoms with Crippen LogP contribution in [0.2, 0.25) is 0 Å². The minimum Gasteiger partial charge on any atom is -0.462 e. The Balaban J connectivity index is 1.49. The lowest BCUT2D eigenvalue weighted by Gasteiger charge is -2.58. The van der Waals surface area contributed by atoms with Crippen LogP contribution in [0.5, 0.6) is 0 Å². The molecule has 0 radical (unpaired) electrons. The molecule has 0 heterocycles. The van der Waals surface area contributed by atoms with Crippen molar-refractivity contribution in [3.8, 4) is 0 Å². The second-order valence-electron chi connectivity index (χ2n) is 12.8. The van der Waals surface area contributed by atoms with E-state index in [0.29, 0.717) is 16.7 Å². The number of allylic oxidation sites excluding steroid dienone is 1. The smallest absolute Gasteiger partial charge is 0.302 e. The molecule has 4 aliphatic rings. The maximum absolute atomic E-state index is 11.5. The van der Waals surface area contributed by atoms with E-state index in [4.69, 9.17) is 4.74 Å². The number of ether oxygens (including phenoxy) is 1. The van der Waals surface area contributed by atoms with Crippen LogP contribution in [0.25, 0.3) is 0 Å². The summed E-state index contributed by atoms with van der Waals surface area (Å²) in [4.78, 5) is 11.5. The predicted molar refractivity (Wildman–Crippen MR) is 125 cm³/mol. The Morgan fingerprint density at radius 3 is 2.61 bits per heavy atom. The highest BCUT2D eigenvalue weighted by molar-refractivity contribution is 5.66. The van der Waals surface area contributed by atoms with Gasteiger partial charge in [-0.05, 0) is 112 Å². The van der Waals surface area contributed by atoms with Gasteiger partial charge in [-0.25, -0.2) is 0 Å². The Morgan fingerprint density at radius 2 is 1.94 bits per heavy atom. The van der Waals surface area contributed by atoms with Crippen LogP contribution in [-0.4, -0.2) is 22.8 Å². The van der Waals surface area contributed by atoms with E-state index in [1.165, 1.54) is 38.5 Å². The molecule has 0 aromatic rings. The fourth-order valence-electron chi connectivity index (χ4n) is 8.72. The molecule has 3 heteroatoms. The third kappa shape index (κ3) is 4.25. The van der Waals surface area contributed by atoms with Crippen molar-refractivity contribution in [2.75, 3.05) is 0 Å². The van der Waals surface area contributed by atoms with Gasteiger partial charge in [0.05, 0.1) is 5.60 Å². The average molecular weight is 431 g/mol. The lowest BCUT2D eigenvalue weighted by molar-refractivity contribution is -0.148. The molecule has 0 aromatic carbocycles. The van der Waals surface area contributed by atoms with Gasteiger partial charge in [0.25, 0.3) is 0 Å². The number of hydrogen-bond donors (Lipinski definition) is 1. The van der Waals surface area contributed by atoms with Crippen molar-refractivity contribution >= 4 is 5.97 Å². The predicted octanol–water partition coefficient (Wildman–Crippen LogP) is 6.68. The zero-order chi connectivity index (χ0) is 22.6. The van der Waals surface area contributed by atoms with Crippen molar-refractivity contribution in [3.05, 3.63) is 11.6 Å². The Kier molecular flexibility index (Phi) is 6.16. The largest absolute Gasteiger partial charge is 0.462 e. The number of esters is 1. The standard InChI is InChI=1S/C28H46O3/c1-18(11-14-26(3,4)30)23-9-10-24-22-8-7-20-17-21(31-19(2)29)12-15-27(20,5)25(22)13-16-28(23,24)6/h7,18,21-25,30H,8-17H2,1-6H3/t18-,21+,22+,23-,24+,25+,27+,28-/m1/s1. The van der Waals surface area contributed by atoms with E-state index in [-0.39, 0.29) is 12.1 Å². The summed E-state index contributed by atoms with van der Waals surface area (Å²) < 4.78 is 5.60. The maximum Gasteiger partial charge on any atom is 0.302 e. The third-order valence-corrected chi connectivity index (χ3v) is 10.4. The van der Waals surface area contributed by atoms with Crippen LogP contribution in [0, 0.1) is 40.4 Å². The van der Waals surface area contributed by atoms with Gasteiger partial charge in [0.2, 0.25) is 0 Å². The van der Waals surface area contributed by atoms with Gasteiger partial charge in [-0.3, -0.25) is 4.79 Å². The highest BCUT2D eigenvalue weighted by Gasteiger charge is 2.59. The summed E-state index contributed by atoms with van der Waals surface area (Å²) in [5, 5.41) is 10.2. The molecule has 31 heavy (non-hydrogen) atoms. The van der Waals surface area contributed by atoms with Gasteiger partial charge in [0, 0.05) is 13.3 Å². The zero-order valence-electron chi connectivity index (χ0n) is 20.9. The number of fused-ring (bicyclic) bond motifs is 5. The first-order valence-electron chi connectivity index (χ1n) is 13.0. The van der Waals surface area contributed by atoms with Gasteiger partial charge in [-0.1, -0.05) is 32.4 Å². The van der Waals surface area contributed by atoms with Gasteiger partial charge in [0.1, 0.15) is 6.10 Å². The summed E-state index contributed by atoms with van der Waals surface area (Å²) >= 11 is 0. The maximum atomic E-state index is 11.5. The number of carbonyl (C=O) groups is 1. The summed E-state index contributed by atoms with van der Waals surface area (Å²) in [5.74, 6) is 3.84. The quantitative estimate of drug-likeness (QED) is 0.391. The first-order chi connectivity index (χ1) is 14.4. The second kappa shape index (κ2) is 8.19. The second-order valence-corrected chi connectivity index (χ2v) is 12.8. The minimum atomic E-state index is -0.547. The fourth-order valence-corrected chi connectivity index (χ4v) is 8.72. The molecular formula is C28H46O3. The third-order valence-electron chi connectivity index (χ3n) is 10.4. The fraction of sp³-hybridized carbons (Fsp3) is 0.893. The highest BCUT2D eigenvalue weighted by atomic mass is 16.5. The molecule has 8 atom stereocenters. The van der Waals surface area contributed by atoms with Crippen LogP contribution < -0.4 is 0 Å². The SMILES string of the molecule is CC(=O)O[C@H]1CC[C@@]2(C)C(=CC[C@H]3[C@@H]4CC[C@H]([C@H](C)CCC(C)(C)O)[C@@]4(C)CC[C@@H]32)C1. The molecule has 0 amide bonds. The molecule has 176 valence electrons. The first kappa shape index (κ1) is 23.3. The molecule has 4 aliphatic carbocycles. The highest BCUT2D eigenvalue weighted by Crippen LogP contribution is 2.67. The monoisotopic (exact) mass is 430 g/mol. The van der Waals surface area contributed by atoms with Crippen LogP contribution in [-0.2, 0) is 9.53 Å². The molecule has 3 saturated carbocycles. The van der Waals surface area contributed by atoms with Crippen molar-refractivity contribution in [2.45, 2.75) is 117 Å². The van der Waals surface area contributed by atoms with Crippen LogP contribution in [0.3, 0.4) is 0 Å². The summed E-state index contributed by atoms with van der Waals surface area (Å²) in [6.45, 7) is 13.0. The molecular weight excluding hydrogens is 384 g/mol. The van der Waals surface area contributed by atoms with Crippen molar-refractivity contribution in [1.82, 2.24) is 0 Å². The average Bonchev–Trinajstić information content (AvgIpc) is 3.03. The van der Waals surface area contributed by atoms with Crippen molar-refractivity contribution in [3.63, 3.8) is 0 Å². The molecule has 3 nitrogen and oxygen atoms in total. The van der Waals surface area contributed by atoms with E-state index >= 15 is 0 Å². The minimum absolute atomic E-state index is 0.0923. The molecule has 0 spiro atoms. The molecule has 0 aromatic heterocycles. The Morgan fingerprint density at radius 1 is 1.19 bits per heavy atom. The topological polar surface area (TPSA) is 46.5 Å². The zero-order valence-corrected chi connectivity index (χ0v) is 20.9. The van der Waals surface area contributed by atoms with E-state index in [9.17, 15) is 9.90 Å². The van der Waals surface area contributed by atoms with E-state index in [0.717, 1.165) is 49.4 Å². The number of carbonyl (C=O) groups excluding carboxylic acids is 1. The molecule has 0 saturated heterocycles. The van der Waals surface area contributed by atoms with E-state index in [1.54, 1.807) is 12.5 Å². The van der Waals surface area contributed by atoms with Crippen molar-refractivity contribution in [1.29, 1.82) is 0 Å². The van der Waals surface area contributed by atoms with Gasteiger partial charge < -0.3 is 9.84 Å². The lowest BCUT2D eigenvalue weighted by atomic mass is 9.47. The normalized spacial score (nSPS) is 43.3. The number of rotatable bonds is 5. The molecule has 0 aliphatic heterocycles. The molecule has 1 N–H and O–H groups in total. The summed E-state index contributed by atoms with van der Waals surface area (Å²) in [7, 11) is 0. The molecule has 4 rings (SSSR count). The van der Waals surface area contributed by atoms with E-state index < -0.39 is 5.60 Å². The molecule has 0 unspecified atom stereocenters. The number of aliphatic hydroxyl groups is 1. The van der Waals surface area contributed by atoms with Gasteiger partial charge in [-0.15, -0.1) is 0 Å². The summed E-state index contributed by atoms with van der Waals surface area (Å²) in [6.07, 6.45) is 14.6. The van der Waals surface area contributed by atoms with Gasteiger partial charge in [0.15, 0.2) is 0 Å². The Bertz CT molecular complexity index is 718. The summed E-state index contributed by atoms with van der Waals surface area (Å²) in [5.41, 5.74) is 1.82. The van der Waals surface area contributed by atoms with E-state index in [2.05, 4.69) is 26.8 Å². The van der Waals surface area contributed by atoms with Crippen molar-refractivity contribution < 1.29 is 14.6 Å². The lowest BCUT2D eigenvalue weighted by Crippen LogP contribution is -2.51. The summed E-state index contributed by atoms with van der Waals surface area (Å²) in [6, 6.07) is 0. The number of hydrogen-bond acceptors (Lipinski definition) is 3. The van der Waals surface area contributed by atoms with Crippen LogP contribution >= 0.6 is 0 Å². The Hall–Kier alpha value is -0.830. The van der Waals surface area contributed by atoms with Crippen LogP contribution in [0.4, 0.5) is 0 Å². The van der Waals surface area contributed by atoms with Gasteiger partial charge in [-0.2, -0.15) is 0 Å². The molecule has 0 bridgehead atoms. The van der Waals surface area contributed by atoms with Crippen molar-refractivity contribution in [2.24, 2.45) is 40.4 Å². The van der Waals surface area contributed by atoms with E-state index in [1.807, 2.05) is 13.8 Å². The van der Waals surface area contributed by atoms with Gasteiger partial charge >= 0.3 is 5.97 Å². The van der Waals surface area contributed by atoms with Crippen LogP contribution in [0.1, 0.15) is 106 Å². The Labute approximate surface area is 190 Å². The molecule has 3 fully saturated rings. The first-order valence-corrected chi connectivity index (χ1v) is 13.0. The van der Waals surface area contributed by atoms with Crippen LogP contribution in [0.15, 0.2) is 11.6 Å².